The van der Waals surface area contributed by atoms with E-state index in [1.54, 1.807) is 0 Å². The Morgan fingerprint density at radius 1 is 0.957 bits per heavy atom. The van der Waals surface area contributed by atoms with Gasteiger partial charge < -0.3 is 10.6 Å². The molecule has 0 unspecified atom stereocenters. The Labute approximate surface area is 138 Å². The van der Waals surface area contributed by atoms with Crippen molar-refractivity contribution >= 4 is 5.95 Å². The Balaban J connectivity index is 1.67. The summed E-state index contributed by atoms with van der Waals surface area (Å²) in [5.74, 6) is 0.829. The second-order valence-corrected chi connectivity index (χ2v) is 6.29. The van der Waals surface area contributed by atoms with Gasteiger partial charge in [-0.15, -0.1) is 0 Å². The number of benzene rings is 1. The molecule has 1 aliphatic rings. The summed E-state index contributed by atoms with van der Waals surface area (Å²) >= 11 is 0. The fourth-order valence-electron chi connectivity index (χ4n) is 2.91. The molecule has 0 saturated carbocycles. The molecule has 2 heterocycles. The van der Waals surface area contributed by atoms with Crippen molar-refractivity contribution in [2.75, 3.05) is 31.1 Å². The van der Waals surface area contributed by atoms with E-state index >= 15 is 0 Å². The highest BCUT2D eigenvalue weighted by Crippen LogP contribution is 2.20. The standard InChI is InChI=1S/C18H25N5/c1-14(2)22-7-9-23(10-8-22)18-20-12-17(13-21-18)16-5-3-15(11-19)4-6-16/h3-6,12-14H,7-11,19H2,1-2H3. The van der Waals surface area contributed by atoms with Crippen LogP contribution >= 0.6 is 0 Å². The molecule has 3 rings (SSSR count). The highest BCUT2D eigenvalue weighted by Gasteiger charge is 2.20. The molecule has 0 aliphatic carbocycles. The van der Waals surface area contributed by atoms with Crippen molar-refractivity contribution in [3.63, 3.8) is 0 Å². The van der Waals surface area contributed by atoms with Crippen molar-refractivity contribution < 1.29 is 0 Å². The van der Waals surface area contributed by atoms with Gasteiger partial charge >= 0.3 is 0 Å². The first-order valence-corrected chi connectivity index (χ1v) is 8.28. The molecule has 1 saturated heterocycles. The summed E-state index contributed by atoms with van der Waals surface area (Å²) < 4.78 is 0. The Bertz CT molecular complexity index is 613. The van der Waals surface area contributed by atoms with Gasteiger partial charge in [0.1, 0.15) is 0 Å². The summed E-state index contributed by atoms with van der Waals surface area (Å²) in [5.41, 5.74) is 8.93. The van der Waals surface area contributed by atoms with E-state index in [1.165, 1.54) is 0 Å². The number of piperazine rings is 1. The predicted molar refractivity (Wildman–Crippen MR) is 94.3 cm³/mol. The van der Waals surface area contributed by atoms with Crippen LogP contribution in [0.25, 0.3) is 11.1 Å². The molecule has 122 valence electrons. The van der Waals surface area contributed by atoms with Crippen LogP contribution in [0.3, 0.4) is 0 Å². The van der Waals surface area contributed by atoms with Crippen LogP contribution in [0.2, 0.25) is 0 Å². The number of aromatic nitrogens is 2. The van der Waals surface area contributed by atoms with Gasteiger partial charge in [0.15, 0.2) is 0 Å². The monoisotopic (exact) mass is 311 g/mol. The molecule has 1 fully saturated rings. The molecule has 0 spiro atoms. The average molecular weight is 311 g/mol. The molecule has 0 bridgehead atoms. The molecule has 0 atom stereocenters. The van der Waals surface area contributed by atoms with Crippen LogP contribution in [0.15, 0.2) is 36.7 Å². The molecule has 2 aromatic rings. The first-order chi connectivity index (χ1) is 11.2. The van der Waals surface area contributed by atoms with E-state index in [1.807, 2.05) is 24.5 Å². The van der Waals surface area contributed by atoms with Gasteiger partial charge in [0, 0.05) is 56.7 Å². The minimum Gasteiger partial charge on any atom is -0.338 e. The SMILES string of the molecule is CC(C)N1CCN(c2ncc(-c3ccc(CN)cc3)cn2)CC1. The highest BCUT2D eigenvalue weighted by molar-refractivity contribution is 5.62. The van der Waals surface area contributed by atoms with Crippen molar-refractivity contribution in [3.8, 4) is 11.1 Å². The topological polar surface area (TPSA) is 58.3 Å². The second-order valence-electron chi connectivity index (χ2n) is 6.29. The second kappa shape index (κ2) is 7.06. The van der Waals surface area contributed by atoms with Gasteiger partial charge in [-0.3, -0.25) is 4.90 Å². The maximum Gasteiger partial charge on any atom is 0.225 e. The van der Waals surface area contributed by atoms with E-state index < -0.39 is 0 Å². The van der Waals surface area contributed by atoms with Gasteiger partial charge in [-0.1, -0.05) is 24.3 Å². The van der Waals surface area contributed by atoms with Crippen LogP contribution in [0, 0.1) is 0 Å². The normalized spacial score (nSPS) is 16.1. The Morgan fingerprint density at radius 2 is 1.57 bits per heavy atom. The summed E-state index contributed by atoms with van der Waals surface area (Å²) in [6, 6.07) is 8.85. The van der Waals surface area contributed by atoms with Gasteiger partial charge in [0.05, 0.1) is 0 Å². The van der Waals surface area contributed by atoms with E-state index in [4.69, 9.17) is 5.73 Å². The zero-order valence-corrected chi connectivity index (χ0v) is 13.9. The van der Waals surface area contributed by atoms with E-state index in [-0.39, 0.29) is 0 Å². The fourth-order valence-corrected chi connectivity index (χ4v) is 2.91. The molecular weight excluding hydrogens is 286 g/mol. The smallest absolute Gasteiger partial charge is 0.225 e. The summed E-state index contributed by atoms with van der Waals surface area (Å²) in [5, 5.41) is 0. The minimum absolute atomic E-state index is 0.568. The molecule has 0 radical (unpaired) electrons. The third kappa shape index (κ3) is 3.68. The summed E-state index contributed by atoms with van der Waals surface area (Å²) in [6.45, 7) is 9.18. The van der Waals surface area contributed by atoms with Gasteiger partial charge in [0.2, 0.25) is 5.95 Å². The summed E-state index contributed by atoms with van der Waals surface area (Å²) in [7, 11) is 0. The lowest BCUT2D eigenvalue weighted by molar-refractivity contribution is 0.208. The Hall–Kier alpha value is -1.98. The van der Waals surface area contributed by atoms with E-state index in [0.717, 1.165) is 48.8 Å². The van der Waals surface area contributed by atoms with Crippen molar-refractivity contribution in [2.24, 2.45) is 5.73 Å². The highest BCUT2D eigenvalue weighted by atomic mass is 15.3. The number of nitrogens with two attached hydrogens (primary N) is 1. The number of hydrogen-bond acceptors (Lipinski definition) is 5. The van der Waals surface area contributed by atoms with Crippen LogP contribution in [0.1, 0.15) is 19.4 Å². The zero-order chi connectivity index (χ0) is 16.2. The average Bonchev–Trinajstić information content (AvgIpc) is 2.62. The minimum atomic E-state index is 0.568. The largest absolute Gasteiger partial charge is 0.338 e. The number of anilines is 1. The Morgan fingerprint density at radius 3 is 2.09 bits per heavy atom. The van der Waals surface area contributed by atoms with Crippen LogP contribution in [-0.4, -0.2) is 47.1 Å². The van der Waals surface area contributed by atoms with E-state index in [9.17, 15) is 0 Å². The molecule has 0 amide bonds. The van der Waals surface area contributed by atoms with Gasteiger partial charge in [-0.25, -0.2) is 9.97 Å². The van der Waals surface area contributed by atoms with E-state index in [0.29, 0.717) is 12.6 Å². The lowest BCUT2D eigenvalue weighted by Crippen LogP contribution is -2.49. The molecule has 23 heavy (non-hydrogen) atoms. The van der Waals surface area contributed by atoms with Gasteiger partial charge in [0.25, 0.3) is 0 Å². The van der Waals surface area contributed by atoms with Crippen LogP contribution < -0.4 is 10.6 Å². The lowest BCUT2D eigenvalue weighted by atomic mass is 10.1. The first-order valence-electron chi connectivity index (χ1n) is 8.28. The number of nitrogens with zero attached hydrogens (tertiary/aromatic N) is 4. The molecule has 1 aliphatic heterocycles. The van der Waals surface area contributed by atoms with Gasteiger partial charge in [-0.05, 0) is 25.0 Å². The van der Waals surface area contributed by atoms with Gasteiger partial charge in [-0.2, -0.15) is 0 Å². The molecule has 5 nitrogen and oxygen atoms in total. The maximum atomic E-state index is 5.64. The van der Waals surface area contributed by atoms with E-state index in [2.05, 4.69) is 45.7 Å². The molecule has 2 N–H and O–H groups in total. The molecule has 1 aromatic carbocycles. The quantitative estimate of drug-likeness (QED) is 0.937. The number of hydrogen-bond donors (Lipinski definition) is 1. The molecular formula is C18H25N5. The van der Waals surface area contributed by atoms with Crippen molar-refractivity contribution in [1.82, 2.24) is 14.9 Å². The predicted octanol–water partition coefficient (Wildman–Crippen LogP) is 2.13. The first kappa shape index (κ1) is 15.9. The van der Waals surface area contributed by atoms with Crippen LogP contribution in [0.5, 0.6) is 0 Å². The van der Waals surface area contributed by atoms with Crippen molar-refractivity contribution in [1.29, 1.82) is 0 Å². The third-order valence-corrected chi connectivity index (χ3v) is 4.49. The zero-order valence-electron chi connectivity index (χ0n) is 13.9. The summed E-state index contributed by atoms with van der Waals surface area (Å²) in [6.07, 6.45) is 3.82. The van der Waals surface area contributed by atoms with Crippen molar-refractivity contribution in [2.45, 2.75) is 26.4 Å². The molecule has 5 heteroatoms. The number of rotatable bonds is 4. The summed E-state index contributed by atoms with van der Waals surface area (Å²) in [4.78, 5) is 13.9. The third-order valence-electron chi connectivity index (χ3n) is 4.49. The fraction of sp³-hybridized carbons (Fsp3) is 0.444. The van der Waals surface area contributed by atoms with Crippen LogP contribution in [-0.2, 0) is 6.54 Å². The van der Waals surface area contributed by atoms with Crippen molar-refractivity contribution in [3.05, 3.63) is 42.2 Å². The van der Waals surface area contributed by atoms with Crippen LogP contribution in [0.4, 0.5) is 5.95 Å². The lowest BCUT2D eigenvalue weighted by Gasteiger charge is -2.36. The molecule has 1 aromatic heterocycles. The maximum absolute atomic E-state index is 5.64. The Kier molecular flexibility index (Phi) is 4.88.